The summed E-state index contributed by atoms with van der Waals surface area (Å²) in [7, 11) is 0. The van der Waals surface area contributed by atoms with Gasteiger partial charge in [-0.05, 0) is 37.3 Å². The lowest BCUT2D eigenvalue weighted by Crippen LogP contribution is -2.06. The molecule has 0 atom stereocenters. The molecule has 21 heavy (non-hydrogen) atoms. The summed E-state index contributed by atoms with van der Waals surface area (Å²) in [6.45, 7) is 6.70. The summed E-state index contributed by atoms with van der Waals surface area (Å²) in [5.74, 6) is 1.31. The van der Waals surface area contributed by atoms with Crippen LogP contribution in [0.2, 0.25) is 5.02 Å². The maximum atomic E-state index is 11.5. The maximum Gasteiger partial charge on any atom is 0.138 e. The Morgan fingerprint density at radius 1 is 1.24 bits per heavy atom. The number of carbonyl (C=O) groups excluding carboxylic acids is 1. The Kier molecular flexibility index (Phi) is 8.44. The molecule has 0 unspecified atom stereocenters. The SMILES string of the molecule is CCCOc1cccc(CCCCCC(=O)C(C)C)c1Cl. The topological polar surface area (TPSA) is 26.3 Å². The van der Waals surface area contributed by atoms with E-state index in [0.717, 1.165) is 48.4 Å². The lowest BCUT2D eigenvalue weighted by atomic mass is 10.0. The number of Topliss-reactive ketones (excluding diaryl/α,β-unsaturated/α-hetero) is 1. The second-order valence-corrected chi connectivity index (χ2v) is 6.14. The monoisotopic (exact) mass is 310 g/mol. The number of rotatable bonds is 10. The van der Waals surface area contributed by atoms with Crippen molar-refractivity contribution in [2.75, 3.05) is 6.61 Å². The minimum Gasteiger partial charge on any atom is -0.492 e. The van der Waals surface area contributed by atoms with Crippen LogP contribution in [0.15, 0.2) is 18.2 Å². The zero-order valence-electron chi connectivity index (χ0n) is 13.5. The summed E-state index contributed by atoms with van der Waals surface area (Å²) >= 11 is 6.37. The van der Waals surface area contributed by atoms with Crippen LogP contribution in [-0.2, 0) is 11.2 Å². The van der Waals surface area contributed by atoms with Gasteiger partial charge in [0.05, 0.1) is 11.6 Å². The average Bonchev–Trinajstić information content (AvgIpc) is 2.46. The minimum absolute atomic E-state index is 0.159. The number of hydrogen-bond donors (Lipinski definition) is 0. The highest BCUT2D eigenvalue weighted by atomic mass is 35.5. The van der Waals surface area contributed by atoms with Gasteiger partial charge in [-0.1, -0.05) is 50.9 Å². The van der Waals surface area contributed by atoms with Crippen molar-refractivity contribution in [2.45, 2.75) is 59.3 Å². The lowest BCUT2D eigenvalue weighted by molar-refractivity contribution is -0.122. The van der Waals surface area contributed by atoms with Gasteiger partial charge in [0, 0.05) is 12.3 Å². The first-order valence-corrected chi connectivity index (χ1v) is 8.37. The molecule has 0 aliphatic heterocycles. The molecule has 0 aromatic heterocycles. The van der Waals surface area contributed by atoms with Crippen LogP contribution in [-0.4, -0.2) is 12.4 Å². The number of carbonyl (C=O) groups is 1. The van der Waals surface area contributed by atoms with Crippen LogP contribution < -0.4 is 4.74 Å². The third-order valence-electron chi connectivity index (χ3n) is 3.52. The summed E-state index contributed by atoms with van der Waals surface area (Å²) in [6.07, 6.45) is 5.71. The Bertz CT molecular complexity index is 441. The molecule has 0 N–H and O–H groups in total. The predicted octanol–water partition coefficient (Wildman–Crippen LogP) is 5.46. The molecule has 0 fully saturated rings. The van der Waals surface area contributed by atoms with Gasteiger partial charge in [-0.25, -0.2) is 0 Å². The van der Waals surface area contributed by atoms with Crippen molar-refractivity contribution in [3.8, 4) is 5.75 Å². The molecule has 0 bridgehead atoms. The van der Waals surface area contributed by atoms with E-state index in [2.05, 4.69) is 13.0 Å². The molecule has 1 aromatic rings. The van der Waals surface area contributed by atoms with Crippen molar-refractivity contribution in [3.05, 3.63) is 28.8 Å². The largest absolute Gasteiger partial charge is 0.492 e. The Balaban J connectivity index is 2.36. The number of benzene rings is 1. The maximum absolute atomic E-state index is 11.5. The molecule has 0 aliphatic carbocycles. The van der Waals surface area contributed by atoms with Gasteiger partial charge in [0.15, 0.2) is 0 Å². The highest BCUT2D eigenvalue weighted by Crippen LogP contribution is 2.29. The molecular formula is C18H27ClO2. The molecule has 0 amide bonds. The van der Waals surface area contributed by atoms with Crippen molar-refractivity contribution in [1.82, 2.24) is 0 Å². The van der Waals surface area contributed by atoms with Gasteiger partial charge in [-0.3, -0.25) is 4.79 Å². The number of unbranched alkanes of at least 4 members (excludes halogenated alkanes) is 2. The van der Waals surface area contributed by atoms with E-state index in [1.165, 1.54) is 0 Å². The fraction of sp³-hybridized carbons (Fsp3) is 0.611. The van der Waals surface area contributed by atoms with E-state index >= 15 is 0 Å². The zero-order valence-corrected chi connectivity index (χ0v) is 14.2. The van der Waals surface area contributed by atoms with Crippen LogP contribution in [0.5, 0.6) is 5.75 Å². The standard InChI is InChI=1S/C18H27ClO2/c1-4-13-21-17-12-8-10-15(18(17)19)9-6-5-7-11-16(20)14(2)3/h8,10,12,14H,4-7,9,11,13H2,1-3H3. The van der Waals surface area contributed by atoms with E-state index in [1.54, 1.807) is 0 Å². The van der Waals surface area contributed by atoms with Crippen molar-refractivity contribution in [3.63, 3.8) is 0 Å². The lowest BCUT2D eigenvalue weighted by Gasteiger charge is -2.10. The van der Waals surface area contributed by atoms with Crippen LogP contribution in [0.3, 0.4) is 0 Å². The van der Waals surface area contributed by atoms with E-state index < -0.39 is 0 Å². The van der Waals surface area contributed by atoms with Crippen LogP contribution >= 0.6 is 11.6 Å². The van der Waals surface area contributed by atoms with E-state index in [9.17, 15) is 4.79 Å². The summed E-state index contributed by atoms with van der Waals surface area (Å²) in [5.41, 5.74) is 1.14. The van der Waals surface area contributed by atoms with Crippen LogP contribution in [0.4, 0.5) is 0 Å². The van der Waals surface area contributed by atoms with E-state index in [1.807, 2.05) is 26.0 Å². The first kappa shape index (κ1) is 18.0. The first-order valence-electron chi connectivity index (χ1n) is 7.99. The number of ether oxygens (including phenoxy) is 1. The quantitative estimate of drug-likeness (QED) is 0.537. The smallest absolute Gasteiger partial charge is 0.138 e. The van der Waals surface area contributed by atoms with Crippen LogP contribution in [0.25, 0.3) is 0 Å². The second-order valence-electron chi connectivity index (χ2n) is 5.76. The summed E-state index contributed by atoms with van der Waals surface area (Å²) in [6, 6.07) is 5.97. The van der Waals surface area contributed by atoms with Gasteiger partial charge in [0.2, 0.25) is 0 Å². The van der Waals surface area contributed by atoms with Gasteiger partial charge in [0.25, 0.3) is 0 Å². The molecule has 0 heterocycles. The fourth-order valence-corrected chi connectivity index (χ4v) is 2.43. The molecule has 0 aliphatic rings. The molecular weight excluding hydrogens is 284 g/mol. The predicted molar refractivity (Wildman–Crippen MR) is 89.3 cm³/mol. The van der Waals surface area contributed by atoms with Gasteiger partial charge < -0.3 is 4.74 Å². The van der Waals surface area contributed by atoms with Crippen molar-refractivity contribution < 1.29 is 9.53 Å². The van der Waals surface area contributed by atoms with Crippen LogP contribution in [0.1, 0.15) is 58.4 Å². The number of hydrogen-bond acceptors (Lipinski definition) is 2. The molecule has 0 saturated heterocycles. The third kappa shape index (κ3) is 6.52. The van der Waals surface area contributed by atoms with Crippen molar-refractivity contribution in [2.24, 2.45) is 5.92 Å². The molecule has 118 valence electrons. The molecule has 0 saturated carbocycles. The Hall–Kier alpha value is -1.02. The number of halogens is 1. The average molecular weight is 311 g/mol. The Morgan fingerprint density at radius 2 is 2.00 bits per heavy atom. The van der Waals surface area contributed by atoms with Gasteiger partial charge in [-0.15, -0.1) is 0 Å². The van der Waals surface area contributed by atoms with E-state index in [-0.39, 0.29) is 5.92 Å². The molecule has 2 nitrogen and oxygen atoms in total. The van der Waals surface area contributed by atoms with E-state index in [0.29, 0.717) is 18.8 Å². The Labute approximate surface area is 133 Å². The fourth-order valence-electron chi connectivity index (χ4n) is 2.15. The summed E-state index contributed by atoms with van der Waals surface area (Å²) < 4.78 is 5.64. The zero-order chi connectivity index (χ0) is 15.7. The van der Waals surface area contributed by atoms with Crippen LogP contribution in [0, 0.1) is 5.92 Å². The normalized spacial score (nSPS) is 10.9. The molecule has 3 heteroatoms. The highest BCUT2D eigenvalue weighted by molar-refractivity contribution is 6.32. The summed E-state index contributed by atoms with van der Waals surface area (Å²) in [5, 5.41) is 0.740. The second kappa shape index (κ2) is 9.83. The van der Waals surface area contributed by atoms with Crippen molar-refractivity contribution in [1.29, 1.82) is 0 Å². The highest BCUT2D eigenvalue weighted by Gasteiger charge is 2.08. The summed E-state index contributed by atoms with van der Waals surface area (Å²) in [4.78, 5) is 11.5. The number of aryl methyl sites for hydroxylation is 1. The molecule has 0 radical (unpaired) electrons. The number of ketones is 1. The van der Waals surface area contributed by atoms with Gasteiger partial charge >= 0.3 is 0 Å². The van der Waals surface area contributed by atoms with Gasteiger partial charge in [0.1, 0.15) is 11.5 Å². The first-order chi connectivity index (χ1) is 10.1. The Morgan fingerprint density at radius 3 is 2.67 bits per heavy atom. The molecule has 1 rings (SSSR count). The minimum atomic E-state index is 0.159. The molecule has 1 aromatic carbocycles. The van der Waals surface area contributed by atoms with Crippen molar-refractivity contribution >= 4 is 17.4 Å². The van der Waals surface area contributed by atoms with Gasteiger partial charge in [-0.2, -0.15) is 0 Å². The van der Waals surface area contributed by atoms with E-state index in [4.69, 9.17) is 16.3 Å². The third-order valence-corrected chi connectivity index (χ3v) is 3.95. The molecule has 0 spiro atoms.